The second-order valence-electron chi connectivity index (χ2n) is 12.7. The minimum absolute atomic E-state index is 0.0890. The van der Waals surface area contributed by atoms with Gasteiger partial charge < -0.3 is 28.4 Å². The molecule has 0 bridgehead atoms. The van der Waals surface area contributed by atoms with E-state index in [1.807, 2.05) is 121 Å². The lowest BCUT2D eigenvalue weighted by atomic mass is 9.65. The number of carbonyl (C=O) groups is 2. The number of ether oxygens (including phenoxy) is 6. The Morgan fingerprint density at radius 1 is 0.500 bits per heavy atom. The SMILES string of the molecule is CC12OC(=O)C=C(OCCOC3=CC(=O)O[C@]4(C)OC(c5ccccc5)(c5ccccc5)[C@H]34)C1C(c1ccccc1)(c1ccccc1)O2. The molecule has 8 rings (SSSR count). The van der Waals surface area contributed by atoms with Gasteiger partial charge in [0.05, 0.1) is 12.2 Å². The number of benzene rings is 4. The minimum Gasteiger partial charge on any atom is -0.493 e. The Balaban J connectivity index is 1.07. The van der Waals surface area contributed by atoms with E-state index in [1.54, 1.807) is 13.8 Å². The molecule has 0 amide bonds. The van der Waals surface area contributed by atoms with Crippen molar-refractivity contribution in [1.29, 1.82) is 0 Å². The van der Waals surface area contributed by atoms with Crippen LogP contribution >= 0.6 is 0 Å². The van der Waals surface area contributed by atoms with E-state index >= 15 is 0 Å². The average molecular weight is 643 g/mol. The number of carbonyl (C=O) groups excluding carboxylic acids is 2. The van der Waals surface area contributed by atoms with E-state index in [4.69, 9.17) is 28.4 Å². The molecule has 0 N–H and O–H groups in total. The first-order valence-electron chi connectivity index (χ1n) is 16.1. The highest BCUT2D eigenvalue weighted by Gasteiger charge is 2.71. The molecule has 0 saturated carbocycles. The summed E-state index contributed by atoms with van der Waals surface area (Å²) >= 11 is 0. The molecule has 4 heterocycles. The molecule has 242 valence electrons. The highest BCUT2D eigenvalue weighted by atomic mass is 16.8. The third-order valence-electron chi connectivity index (χ3n) is 9.72. The number of hydrogen-bond donors (Lipinski definition) is 0. The summed E-state index contributed by atoms with van der Waals surface area (Å²) in [6.45, 7) is 3.70. The second kappa shape index (κ2) is 11.2. The van der Waals surface area contributed by atoms with Gasteiger partial charge in [-0.2, -0.15) is 0 Å². The number of rotatable bonds is 9. The van der Waals surface area contributed by atoms with Gasteiger partial charge >= 0.3 is 11.9 Å². The van der Waals surface area contributed by atoms with Gasteiger partial charge in [0.2, 0.25) is 11.6 Å². The molecule has 48 heavy (non-hydrogen) atoms. The Morgan fingerprint density at radius 2 is 0.792 bits per heavy atom. The Labute approximate surface area is 278 Å². The van der Waals surface area contributed by atoms with Gasteiger partial charge in [0.1, 0.15) is 47.8 Å². The van der Waals surface area contributed by atoms with Crippen molar-refractivity contribution in [2.75, 3.05) is 13.2 Å². The molecule has 2 unspecified atom stereocenters. The van der Waals surface area contributed by atoms with E-state index in [-0.39, 0.29) is 13.2 Å². The average Bonchev–Trinajstić information content (AvgIpc) is 3.08. The first-order valence-corrected chi connectivity index (χ1v) is 16.1. The molecule has 8 heteroatoms. The Kier molecular flexibility index (Phi) is 7.05. The lowest BCUT2D eigenvalue weighted by Gasteiger charge is -2.61. The summed E-state index contributed by atoms with van der Waals surface area (Å²) in [7, 11) is 0. The van der Waals surface area contributed by atoms with Crippen LogP contribution in [0, 0.1) is 11.8 Å². The van der Waals surface area contributed by atoms with Crippen molar-refractivity contribution in [2.45, 2.75) is 36.6 Å². The van der Waals surface area contributed by atoms with Gasteiger partial charge in [0, 0.05) is 13.8 Å². The van der Waals surface area contributed by atoms with Crippen molar-refractivity contribution in [3.05, 3.63) is 167 Å². The van der Waals surface area contributed by atoms with Crippen molar-refractivity contribution in [3.8, 4) is 0 Å². The first kappa shape index (κ1) is 30.2. The summed E-state index contributed by atoms with van der Waals surface area (Å²) in [5.41, 5.74) is 1.75. The highest BCUT2D eigenvalue weighted by molar-refractivity contribution is 5.85. The molecule has 0 radical (unpaired) electrons. The van der Waals surface area contributed by atoms with E-state index in [1.165, 1.54) is 12.2 Å². The molecule has 0 aliphatic carbocycles. The fourth-order valence-corrected chi connectivity index (χ4v) is 7.98. The van der Waals surface area contributed by atoms with Crippen molar-refractivity contribution >= 4 is 11.9 Å². The largest absolute Gasteiger partial charge is 0.493 e. The van der Waals surface area contributed by atoms with E-state index in [9.17, 15) is 9.59 Å². The van der Waals surface area contributed by atoms with E-state index in [0.717, 1.165) is 22.3 Å². The molecular weight excluding hydrogens is 608 g/mol. The third kappa shape index (κ3) is 4.51. The highest BCUT2D eigenvalue weighted by Crippen LogP contribution is 2.63. The Bertz CT molecular complexity index is 1690. The van der Waals surface area contributed by atoms with E-state index in [0.29, 0.717) is 11.5 Å². The number of fused-ring (bicyclic) bond motifs is 2. The van der Waals surface area contributed by atoms with Gasteiger partial charge in [-0.25, -0.2) is 9.59 Å². The summed E-state index contributed by atoms with van der Waals surface area (Å²) in [6.07, 6.45) is 2.78. The van der Waals surface area contributed by atoms with Crippen LogP contribution in [-0.2, 0) is 49.2 Å². The quantitative estimate of drug-likeness (QED) is 0.151. The van der Waals surface area contributed by atoms with Gasteiger partial charge in [0.25, 0.3) is 0 Å². The van der Waals surface area contributed by atoms with Crippen LogP contribution in [0.25, 0.3) is 0 Å². The van der Waals surface area contributed by atoms with Crippen LogP contribution in [0.3, 0.4) is 0 Å². The van der Waals surface area contributed by atoms with Crippen molar-refractivity contribution in [1.82, 2.24) is 0 Å². The molecule has 0 aromatic heterocycles. The summed E-state index contributed by atoms with van der Waals surface area (Å²) in [6, 6.07) is 39.5. The lowest BCUT2D eigenvalue weighted by molar-refractivity contribution is -0.398. The van der Waals surface area contributed by atoms with Crippen molar-refractivity contribution in [3.63, 3.8) is 0 Å². The molecule has 0 spiro atoms. The third-order valence-corrected chi connectivity index (χ3v) is 9.72. The first-order chi connectivity index (χ1) is 23.3. The van der Waals surface area contributed by atoms with Crippen LogP contribution in [0.2, 0.25) is 0 Å². The minimum atomic E-state index is -1.24. The lowest BCUT2D eigenvalue weighted by Crippen LogP contribution is -2.69. The van der Waals surface area contributed by atoms with Gasteiger partial charge in [-0.15, -0.1) is 0 Å². The van der Waals surface area contributed by atoms with Crippen LogP contribution < -0.4 is 0 Å². The molecular formula is C40H34O8. The zero-order chi connectivity index (χ0) is 33.0. The molecule has 2 saturated heterocycles. The van der Waals surface area contributed by atoms with Gasteiger partial charge in [0.15, 0.2) is 0 Å². The van der Waals surface area contributed by atoms with Crippen molar-refractivity contribution < 1.29 is 38.0 Å². The fourth-order valence-electron chi connectivity index (χ4n) is 7.98. The van der Waals surface area contributed by atoms with E-state index in [2.05, 4.69) is 0 Å². The number of esters is 2. The zero-order valence-corrected chi connectivity index (χ0v) is 26.5. The molecule has 4 aliphatic rings. The summed E-state index contributed by atoms with van der Waals surface area (Å²) in [5.74, 6) is -3.63. The fraction of sp³-hybridized carbons (Fsp3) is 0.250. The van der Waals surface area contributed by atoms with Crippen LogP contribution in [0.15, 0.2) is 145 Å². The van der Waals surface area contributed by atoms with Crippen LogP contribution in [0.1, 0.15) is 36.1 Å². The Hall–Kier alpha value is -5.18. The van der Waals surface area contributed by atoms with Gasteiger partial charge in [-0.3, -0.25) is 0 Å². The smallest absolute Gasteiger partial charge is 0.336 e. The Morgan fingerprint density at radius 3 is 1.08 bits per heavy atom. The maximum absolute atomic E-state index is 12.8. The summed E-state index contributed by atoms with van der Waals surface area (Å²) < 4.78 is 37.4. The van der Waals surface area contributed by atoms with Crippen LogP contribution in [0.5, 0.6) is 0 Å². The van der Waals surface area contributed by atoms with Crippen molar-refractivity contribution in [2.24, 2.45) is 11.8 Å². The molecule has 4 atom stereocenters. The standard InChI is InChI=1S/C40H34O8/c1-37-35(39(47-37,27-15-7-3-8-16-27)28-17-9-4-10-18-28)31(25-33(41)45-37)43-23-24-44-32-26-34(42)46-38(2)36(32)40(48-38,29-19-11-5-12-20-29)30-21-13-6-14-22-30/h3-22,25-26,35-36H,23-24H2,1-2H3/t35-,36?,37-,38?/m1/s1. The summed E-state index contributed by atoms with van der Waals surface area (Å²) in [5, 5.41) is 0. The van der Waals surface area contributed by atoms with E-state index < -0.39 is 46.6 Å². The summed E-state index contributed by atoms with van der Waals surface area (Å²) in [4.78, 5) is 25.5. The topological polar surface area (TPSA) is 89.5 Å². The van der Waals surface area contributed by atoms with Gasteiger partial charge in [-0.1, -0.05) is 121 Å². The van der Waals surface area contributed by atoms with Crippen LogP contribution in [-0.4, -0.2) is 36.7 Å². The molecule has 4 aliphatic heterocycles. The number of hydrogen-bond acceptors (Lipinski definition) is 8. The predicted molar refractivity (Wildman–Crippen MR) is 174 cm³/mol. The van der Waals surface area contributed by atoms with Crippen LogP contribution in [0.4, 0.5) is 0 Å². The predicted octanol–water partition coefficient (Wildman–Crippen LogP) is 6.51. The second-order valence-corrected chi connectivity index (χ2v) is 12.7. The maximum Gasteiger partial charge on any atom is 0.336 e. The monoisotopic (exact) mass is 642 g/mol. The normalized spacial score (nSPS) is 27.7. The maximum atomic E-state index is 12.8. The zero-order valence-electron chi connectivity index (χ0n) is 26.5. The molecule has 4 aromatic rings. The molecule has 2 fully saturated rings. The molecule has 8 nitrogen and oxygen atoms in total. The molecule has 4 aromatic carbocycles. The van der Waals surface area contributed by atoms with Gasteiger partial charge in [-0.05, 0) is 22.3 Å².